The van der Waals surface area contributed by atoms with Gasteiger partial charge >= 0.3 is 0 Å². The molecule has 0 amide bonds. The number of fused-ring (bicyclic) bond motifs is 1. The summed E-state index contributed by atoms with van der Waals surface area (Å²) in [7, 11) is 0. The Bertz CT molecular complexity index is 560. The van der Waals surface area contributed by atoms with Crippen LogP contribution >= 0.6 is 0 Å². The lowest BCUT2D eigenvalue weighted by molar-refractivity contribution is 0.366. The van der Waals surface area contributed by atoms with Gasteiger partial charge in [0, 0.05) is 18.2 Å². The Kier molecular flexibility index (Phi) is 5.31. The maximum atomic E-state index is 4.82. The molecule has 0 bridgehead atoms. The maximum Gasteiger partial charge on any atom is 0.197 e. The molecular weight excluding hydrogens is 284 g/mol. The Morgan fingerprint density at radius 3 is 2.74 bits per heavy atom. The van der Waals surface area contributed by atoms with E-state index in [9.17, 15) is 0 Å². The molecule has 4 heteroatoms. The van der Waals surface area contributed by atoms with Crippen molar-refractivity contribution in [2.75, 3.05) is 6.54 Å². The molecular formula is C19H28N4. The van der Waals surface area contributed by atoms with Gasteiger partial charge in [0.15, 0.2) is 5.96 Å². The number of rotatable bonds is 3. The maximum absolute atomic E-state index is 4.82. The van der Waals surface area contributed by atoms with E-state index in [1.165, 1.54) is 37.7 Å². The summed E-state index contributed by atoms with van der Waals surface area (Å²) in [6.45, 7) is 5.12. The molecule has 0 spiro atoms. The van der Waals surface area contributed by atoms with Crippen LogP contribution in [0.5, 0.6) is 0 Å². The summed E-state index contributed by atoms with van der Waals surface area (Å²) in [5.41, 5.74) is 1.18. The molecule has 124 valence electrons. The summed E-state index contributed by atoms with van der Waals surface area (Å²) in [6.07, 6.45) is 17.3. The van der Waals surface area contributed by atoms with Crippen LogP contribution in [0.4, 0.5) is 0 Å². The Morgan fingerprint density at radius 1 is 1.13 bits per heavy atom. The number of allylic oxidation sites excluding steroid dienone is 4. The molecule has 3 aliphatic rings. The van der Waals surface area contributed by atoms with E-state index in [0.29, 0.717) is 0 Å². The molecule has 0 aromatic carbocycles. The average molecular weight is 312 g/mol. The Balaban J connectivity index is 1.75. The first-order chi connectivity index (χ1) is 11.2. The monoisotopic (exact) mass is 312 g/mol. The predicted octanol–water partition coefficient (Wildman–Crippen LogP) is 3.34. The SMILES string of the molecule is CC(C)N=C1NC(=NCC2CCCCC2)NC2C=CC=CC=C12. The summed E-state index contributed by atoms with van der Waals surface area (Å²) >= 11 is 0. The van der Waals surface area contributed by atoms with Gasteiger partial charge < -0.3 is 10.6 Å². The molecule has 1 aliphatic heterocycles. The highest BCUT2D eigenvalue weighted by Crippen LogP contribution is 2.23. The summed E-state index contributed by atoms with van der Waals surface area (Å²) in [6, 6.07) is 0.404. The average Bonchev–Trinajstić information content (AvgIpc) is 2.79. The van der Waals surface area contributed by atoms with Gasteiger partial charge in [-0.05, 0) is 32.6 Å². The van der Waals surface area contributed by atoms with Crippen molar-refractivity contribution in [1.29, 1.82) is 0 Å². The third kappa shape index (κ3) is 4.34. The molecule has 2 fully saturated rings. The lowest BCUT2D eigenvalue weighted by Gasteiger charge is -2.30. The molecule has 1 heterocycles. The van der Waals surface area contributed by atoms with Crippen molar-refractivity contribution >= 4 is 11.8 Å². The van der Waals surface area contributed by atoms with E-state index < -0.39 is 0 Å². The van der Waals surface area contributed by atoms with Crippen LogP contribution in [0.15, 0.2) is 45.9 Å². The molecule has 2 aliphatic carbocycles. The first-order valence-corrected chi connectivity index (χ1v) is 8.93. The fourth-order valence-electron chi connectivity index (χ4n) is 3.37. The molecule has 1 saturated carbocycles. The number of hydrogen-bond donors (Lipinski definition) is 2. The zero-order valence-corrected chi connectivity index (χ0v) is 14.3. The summed E-state index contributed by atoms with van der Waals surface area (Å²) in [5, 5.41) is 6.91. The zero-order valence-electron chi connectivity index (χ0n) is 14.3. The highest BCUT2D eigenvalue weighted by Gasteiger charge is 2.25. The largest absolute Gasteiger partial charge is 0.346 e. The smallest absolute Gasteiger partial charge is 0.197 e. The highest BCUT2D eigenvalue weighted by molar-refractivity contribution is 6.12. The van der Waals surface area contributed by atoms with Crippen LogP contribution in [-0.4, -0.2) is 30.4 Å². The fraction of sp³-hybridized carbons (Fsp3) is 0.579. The minimum absolute atomic E-state index is 0.147. The molecule has 1 saturated heterocycles. The second-order valence-corrected chi connectivity index (χ2v) is 6.90. The van der Waals surface area contributed by atoms with Crippen molar-refractivity contribution in [3.8, 4) is 0 Å². The van der Waals surface area contributed by atoms with E-state index >= 15 is 0 Å². The summed E-state index contributed by atoms with van der Waals surface area (Å²) < 4.78 is 0. The zero-order chi connectivity index (χ0) is 16.1. The number of hydrogen-bond acceptors (Lipinski definition) is 2. The molecule has 0 aromatic rings. The summed E-state index contributed by atoms with van der Waals surface area (Å²) in [4.78, 5) is 9.57. The van der Waals surface area contributed by atoms with Crippen molar-refractivity contribution in [2.45, 2.75) is 58.0 Å². The van der Waals surface area contributed by atoms with Crippen LogP contribution in [0, 0.1) is 5.92 Å². The molecule has 2 N–H and O–H groups in total. The van der Waals surface area contributed by atoms with Gasteiger partial charge in [-0.1, -0.05) is 49.6 Å². The molecule has 0 aromatic heterocycles. The van der Waals surface area contributed by atoms with Gasteiger partial charge in [0.05, 0.1) is 6.04 Å². The van der Waals surface area contributed by atoms with Crippen molar-refractivity contribution in [3.05, 3.63) is 36.0 Å². The minimum Gasteiger partial charge on any atom is -0.346 e. The highest BCUT2D eigenvalue weighted by atomic mass is 15.2. The van der Waals surface area contributed by atoms with Crippen LogP contribution in [0.25, 0.3) is 0 Å². The molecule has 3 rings (SSSR count). The van der Waals surface area contributed by atoms with E-state index in [4.69, 9.17) is 9.98 Å². The first kappa shape index (κ1) is 16.0. The molecule has 4 nitrogen and oxygen atoms in total. The van der Waals surface area contributed by atoms with Gasteiger partial charge in [-0.15, -0.1) is 0 Å². The number of nitrogens with zero attached hydrogens (tertiary/aromatic N) is 2. The van der Waals surface area contributed by atoms with Crippen molar-refractivity contribution in [2.24, 2.45) is 15.9 Å². The van der Waals surface area contributed by atoms with Crippen LogP contribution in [0.3, 0.4) is 0 Å². The number of guanidine groups is 1. The standard InChI is InChI=1S/C19H28N4/c1-14(2)21-18-16-11-7-4-8-12-17(16)22-19(23-18)20-13-15-9-5-3-6-10-15/h4,7-8,11-12,14-15,17H,3,5-6,9-10,13H2,1-2H3,(H2,20,21,22,23). The Morgan fingerprint density at radius 2 is 1.96 bits per heavy atom. The lowest BCUT2D eigenvalue weighted by Crippen LogP contribution is -2.54. The third-order valence-electron chi connectivity index (χ3n) is 4.56. The third-order valence-corrected chi connectivity index (χ3v) is 4.56. The van der Waals surface area contributed by atoms with E-state index in [0.717, 1.165) is 24.3 Å². The second-order valence-electron chi connectivity index (χ2n) is 6.90. The fourth-order valence-corrected chi connectivity index (χ4v) is 3.37. The first-order valence-electron chi connectivity index (χ1n) is 8.93. The molecule has 0 radical (unpaired) electrons. The summed E-state index contributed by atoms with van der Waals surface area (Å²) in [5.74, 6) is 2.56. The van der Waals surface area contributed by atoms with E-state index in [2.05, 4.69) is 54.9 Å². The van der Waals surface area contributed by atoms with Crippen LogP contribution in [-0.2, 0) is 0 Å². The predicted molar refractivity (Wildman–Crippen MR) is 97.9 cm³/mol. The Hall–Kier alpha value is -1.84. The van der Waals surface area contributed by atoms with Gasteiger partial charge in [0.2, 0.25) is 0 Å². The number of nitrogens with one attached hydrogen (secondary N) is 2. The van der Waals surface area contributed by atoms with Crippen LogP contribution < -0.4 is 10.6 Å². The topological polar surface area (TPSA) is 48.8 Å². The molecule has 23 heavy (non-hydrogen) atoms. The van der Waals surface area contributed by atoms with E-state index in [1.54, 1.807) is 0 Å². The van der Waals surface area contributed by atoms with Gasteiger partial charge in [-0.3, -0.25) is 9.98 Å². The number of aliphatic imine (C=N–C) groups is 2. The van der Waals surface area contributed by atoms with Gasteiger partial charge in [0.1, 0.15) is 5.84 Å². The number of amidine groups is 1. The Labute approximate surface area is 139 Å². The van der Waals surface area contributed by atoms with Crippen LogP contribution in [0.2, 0.25) is 0 Å². The molecule has 1 unspecified atom stereocenters. The second kappa shape index (κ2) is 7.62. The van der Waals surface area contributed by atoms with Gasteiger partial charge in [-0.2, -0.15) is 0 Å². The van der Waals surface area contributed by atoms with Crippen LogP contribution in [0.1, 0.15) is 46.0 Å². The minimum atomic E-state index is 0.147. The quantitative estimate of drug-likeness (QED) is 0.839. The van der Waals surface area contributed by atoms with Crippen molar-refractivity contribution < 1.29 is 0 Å². The normalized spacial score (nSPS) is 28.3. The van der Waals surface area contributed by atoms with E-state index in [1.807, 2.05) is 0 Å². The van der Waals surface area contributed by atoms with Crippen molar-refractivity contribution in [1.82, 2.24) is 10.6 Å². The van der Waals surface area contributed by atoms with Gasteiger partial charge in [0.25, 0.3) is 0 Å². The van der Waals surface area contributed by atoms with Gasteiger partial charge in [-0.25, -0.2) is 0 Å². The van der Waals surface area contributed by atoms with E-state index in [-0.39, 0.29) is 12.1 Å². The molecule has 1 atom stereocenters. The lowest BCUT2D eigenvalue weighted by atomic mass is 9.89. The van der Waals surface area contributed by atoms with Crippen molar-refractivity contribution in [3.63, 3.8) is 0 Å².